The average molecular weight is 121 g/mol. The lowest BCUT2D eigenvalue weighted by Crippen LogP contribution is -1.85. The topological polar surface area (TPSA) is 58.0 Å². The summed E-state index contributed by atoms with van der Waals surface area (Å²) in [4.78, 5) is 0. The number of hydrogen-bond donors (Lipinski definition) is 2. The van der Waals surface area contributed by atoms with E-state index in [0.717, 1.165) is 6.21 Å². The van der Waals surface area contributed by atoms with Crippen LogP contribution in [-0.4, -0.2) is 20.4 Å². The summed E-state index contributed by atoms with van der Waals surface area (Å²) >= 11 is 0. The third-order valence-electron chi connectivity index (χ3n) is 0.456. The first-order valence-electron chi connectivity index (χ1n) is 1.88. The van der Waals surface area contributed by atoms with Gasteiger partial charge in [0, 0.05) is 0 Å². The van der Waals surface area contributed by atoms with Crippen molar-refractivity contribution in [2.24, 2.45) is 0 Å². The summed E-state index contributed by atoms with van der Waals surface area (Å²) < 4.78 is 19.4. The van der Waals surface area contributed by atoms with E-state index in [1.165, 1.54) is 0 Å². The van der Waals surface area contributed by atoms with E-state index in [4.69, 9.17) is 5.41 Å². The van der Waals surface area contributed by atoms with Crippen molar-refractivity contribution < 1.29 is 8.42 Å². The van der Waals surface area contributed by atoms with Crippen LogP contribution in [0, 0.1) is 5.41 Å². The van der Waals surface area contributed by atoms with Crippen molar-refractivity contribution in [2.45, 2.75) is 6.42 Å². The van der Waals surface area contributed by atoms with E-state index in [2.05, 4.69) is 0 Å². The van der Waals surface area contributed by atoms with E-state index in [0.29, 0.717) is 6.42 Å². The van der Waals surface area contributed by atoms with Gasteiger partial charge in [0.25, 0.3) is 0 Å². The molecular weight excluding hydrogens is 114 g/mol. The second kappa shape index (κ2) is 3.80. The van der Waals surface area contributed by atoms with E-state index in [1.54, 1.807) is 0 Å². The molecule has 0 unspecified atom stereocenters. The van der Waals surface area contributed by atoms with Crippen LogP contribution >= 0.6 is 0 Å². The molecule has 0 spiro atoms. The maximum Gasteiger partial charge on any atom is 0.140 e. The molecule has 0 aromatic rings. The summed E-state index contributed by atoms with van der Waals surface area (Å²) in [6.45, 7) is 0. The van der Waals surface area contributed by atoms with Gasteiger partial charge in [0.05, 0.1) is 5.75 Å². The highest BCUT2D eigenvalue weighted by Gasteiger charge is 1.79. The van der Waals surface area contributed by atoms with Gasteiger partial charge in [-0.3, -0.25) is 0 Å². The number of thiol groups is 1. The van der Waals surface area contributed by atoms with Crippen LogP contribution in [0.2, 0.25) is 0 Å². The Morgan fingerprint density at radius 3 is 2.29 bits per heavy atom. The first-order chi connectivity index (χ1) is 3.27. The van der Waals surface area contributed by atoms with Crippen LogP contribution in [0.25, 0.3) is 0 Å². The smallest absolute Gasteiger partial charge is 0.140 e. The Morgan fingerprint density at radius 2 is 2.14 bits per heavy atom. The SMILES string of the molecule is N=CCC[SH](=O)=O. The molecule has 0 fully saturated rings. The molecule has 3 nitrogen and oxygen atoms in total. The van der Waals surface area contributed by atoms with Crippen molar-refractivity contribution in [3.05, 3.63) is 0 Å². The Labute approximate surface area is 43.8 Å². The predicted octanol–water partition coefficient (Wildman–Crippen LogP) is -0.363. The van der Waals surface area contributed by atoms with Crippen LogP contribution in [0.1, 0.15) is 6.42 Å². The Balaban J connectivity index is 3.14. The lowest BCUT2D eigenvalue weighted by Gasteiger charge is -1.74. The minimum atomic E-state index is -2.26. The maximum absolute atomic E-state index is 9.69. The van der Waals surface area contributed by atoms with Crippen molar-refractivity contribution in [1.82, 2.24) is 0 Å². The zero-order chi connectivity index (χ0) is 5.70. The molecule has 0 heterocycles. The summed E-state index contributed by atoms with van der Waals surface area (Å²) in [6.07, 6.45) is 1.43. The van der Waals surface area contributed by atoms with Gasteiger partial charge in [0.2, 0.25) is 0 Å². The van der Waals surface area contributed by atoms with E-state index in [-0.39, 0.29) is 5.75 Å². The van der Waals surface area contributed by atoms with Crippen LogP contribution in [0.15, 0.2) is 0 Å². The minimum absolute atomic E-state index is 0.110. The lowest BCUT2D eigenvalue weighted by atomic mass is 10.5. The number of nitrogens with one attached hydrogen (secondary N) is 1. The van der Waals surface area contributed by atoms with Crippen molar-refractivity contribution in [1.29, 1.82) is 5.41 Å². The van der Waals surface area contributed by atoms with Gasteiger partial charge in [-0.25, -0.2) is 8.42 Å². The normalized spacial score (nSPS) is 9.29. The highest BCUT2D eigenvalue weighted by Crippen LogP contribution is 1.69. The summed E-state index contributed by atoms with van der Waals surface area (Å²) in [5.41, 5.74) is 0. The van der Waals surface area contributed by atoms with Crippen LogP contribution in [-0.2, 0) is 10.7 Å². The van der Waals surface area contributed by atoms with E-state index in [9.17, 15) is 8.42 Å². The average Bonchev–Trinajstić information content (AvgIpc) is 1.61. The van der Waals surface area contributed by atoms with Crippen LogP contribution in [0.4, 0.5) is 0 Å². The molecule has 0 aliphatic carbocycles. The minimum Gasteiger partial charge on any atom is -0.313 e. The molecule has 0 aliphatic rings. The van der Waals surface area contributed by atoms with Gasteiger partial charge in [-0.2, -0.15) is 0 Å². The fourth-order valence-corrected chi connectivity index (χ4v) is 0.510. The Hall–Kier alpha value is -0.380. The molecule has 0 aromatic heterocycles. The fraction of sp³-hybridized carbons (Fsp3) is 0.667. The molecule has 0 amide bonds. The second-order valence-electron chi connectivity index (χ2n) is 1.05. The molecule has 0 aromatic carbocycles. The van der Waals surface area contributed by atoms with Gasteiger partial charge < -0.3 is 5.41 Å². The van der Waals surface area contributed by atoms with Crippen molar-refractivity contribution in [3.8, 4) is 0 Å². The van der Waals surface area contributed by atoms with Gasteiger partial charge in [-0.05, 0) is 12.6 Å². The van der Waals surface area contributed by atoms with Crippen molar-refractivity contribution >= 4 is 16.9 Å². The predicted molar refractivity (Wildman–Crippen MR) is 28.6 cm³/mol. The first-order valence-corrected chi connectivity index (χ1v) is 3.24. The zero-order valence-electron chi connectivity index (χ0n) is 3.76. The quantitative estimate of drug-likeness (QED) is 0.395. The molecule has 42 valence electrons. The Kier molecular flexibility index (Phi) is 3.59. The molecule has 4 heteroatoms. The standard InChI is InChI=1S/C3H7NO2S/c4-2-1-3-7(5)6/h2,4,7H,1,3H2. The summed E-state index contributed by atoms with van der Waals surface area (Å²) in [7, 11) is -2.26. The molecule has 0 rings (SSSR count). The summed E-state index contributed by atoms with van der Waals surface area (Å²) in [5.74, 6) is 0.110. The molecule has 0 radical (unpaired) electrons. The number of rotatable bonds is 3. The number of hydrogen-bond acceptors (Lipinski definition) is 3. The molecule has 0 aliphatic heterocycles. The summed E-state index contributed by atoms with van der Waals surface area (Å²) in [6, 6.07) is 0. The Bertz CT molecular complexity index is 110. The van der Waals surface area contributed by atoms with Crippen LogP contribution in [0.5, 0.6) is 0 Å². The highest BCUT2D eigenvalue weighted by molar-refractivity contribution is 7.72. The molecular formula is C3H7NO2S. The monoisotopic (exact) mass is 121 g/mol. The van der Waals surface area contributed by atoms with Gasteiger partial charge >= 0.3 is 0 Å². The fourth-order valence-electron chi connectivity index (χ4n) is 0.170. The molecule has 0 bridgehead atoms. The molecule has 7 heavy (non-hydrogen) atoms. The molecule has 0 saturated heterocycles. The van der Waals surface area contributed by atoms with Gasteiger partial charge in [-0.1, -0.05) is 0 Å². The zero-order valence-corrected chi connectivity index (χ0v) is 4.65. The molecule has 0 saturated carbocycles. The largest absolute Gasteiger partial charge is 0.313 e. The molecule has 0 atom stereocenters. The van der Waals surface area contributed by atoms with Gasteiger partial charge in [-0.15, -0.1) is 0 Å². The van der Waals surface area contributed by atoms with E-state index < -0.39 is 10.7 Å². The highest BCUT2D eigenvalue weighted by atomic mass is 32.2. The Morgan fingerprint density at radius 1 is 1.57 bits per heavy atom. The van der Waals surface area contributed by atoms with E-state index in [1.807, 2.05) is 0 Å². The third kappa shape index (κ3) is 5.62. The van der Waals surface area contributed by atoms with Gasteiger partial charge in [0.15, 0.2) is 0 Å². The first kappa shape index (κ1) is 6.62. The van der Waals surface area contributed by atoms with Crippen molar-refractivity contribution in [3.63, 3.8) is 0 Å². The van der Waals surface area contributed by atoms with Crippen LogP contribution in [0.3, 0.4) is 0 Å². The third-order valence-corrected chi connectivity index (χ3v) is 1.08. The van der Waals surface area contributed by atoms with Crippen molar-refractivity contribution in [2.75, 3.05) is 5.75 Å². The molecule has 1 N–H and O–H groups in total. The van der Waals surface area contributed by atoms with Gasteiger partial charge in [0.1, 0.15) is 10.7 Å². The van der Waals surface area contributed by atoms with E-state index >= 15 is 0 Å². The van der Waals surface area contributed by atoms with Crippen LogP contribution < -0.4 is 0 Å². The summed E-state index contributed by atoms with van der Waals surface area (Å²) in [5, 5.41) is 6.40. The lowest BCUT2D eigenvalue weighted by molar-refractivity contribution is 0.615. The second-order valence-corrected chi connectivity index (χ2v) is 2.16. The maximum atomic E-state index is 9.69.